The lowest BCUT2D eigenvalue weighted by atomic mass is 9.87. The van der Waals surface area contributed by atoms with Crippen molar-refractivity contribution in [3.05, 3.63) is 91.4 Å². The molecule has 0 bridgehead atoms. The number of aryl methyl sites for hydroxylation is 3. The SMILES string of the molecule is CCOC(=O)C[C@H](NC(=O)C(CC(C)C)n1cc(CCN(C)C)c(C(F)(F)F)cc1=O)c1c(F)c(-c2c(C)cc(C)cc2C)cc(C2CC2)c1F. The van der Waals surface area contributed by atoms with Crippen molar-refractivity contribution in [2.45, 2.75) is 97.8 Å². The normalized spacial score (nSPS) is 14.6. The average molecular weight is 718 g/mol. The van der Waals surface area contributed by atoms with Crippen LogP contribution in [0.25, 0.3) is 11.1 Å². The minimum atomic E-state index is -4.81. The van der Waals surface area contributed by atoms with Crippen molar-refractivity contribution in [1.82, 2.24) is 14.8 Å². The molecule has 7 nitrogen and oxygen atoms in total. The van der Waals surface area contributed by atoms with Gasteiger partial charge in [-0.05, 0) is 113 Å². The lowest BCUT2D eigenvalue weighted by molar-refractivity contribution is -0.144. The first-order valence-corrected chi connectivity index (χ1v) is 17.4. The molecule has 0 spiro atoms. The van der Waals surface area contributed by atoms with E-state index in [4.69, 9.17) is 4.74 Å². The Morgan fingerprint density at radius 3 is 2.18 bits per heavy atom. The Kier molecular flexibility index (Phi) is 12.5. The summed E-state index contributed by atoms with van der Waals surface area (Å²) in [5.74, 6) is -3.92. The molecule has 1 N–H and O–H groups in total. The van der Waals surface area contributed by atoms with Crippen LogP contribution in [-0.2, 0) is 26.9 Å². The summed E-state index contributed by atoms with van der Waals surface area (Å²) in [7, 11) is 3.40. The van der Waals surface area contributed by atoms with Crippen LogP contribution in [0.1, 0.15) is 103 Å². The molecule has 0 radical (unpaired) electrons. The fourth-order valence-electron chi connectivity index (χ4n) is 6.78. The molecular formula is C39H48F5N3O4. The molecule has 51 heavy (non-hydrogen) atoms. The van der Waals surface area contributed by atoms with Gasteiger partial charge in [-0.3, -0.25) is 14.4 Å². The number of ether oxygens (including phenoxy) is 1. The lowest BCUT2D eigenvalue weighted by Crippen LogP contribution is -2.41. The van der Waals surface area contributed by atoms with Crippen LogP contribution >= 0.6 is 0 Å². The zero-order chi connectivity index (χ0) is 37.9. The number of benzene rings is 2. The van der Waals surface area contributed by atoms with Gasteiger partial charge < -0.3 is 19.5 Å². The Morgan fingerprint density at radius 2 is 1.65 bits per heavy atom. The van der Waals surface area contributed by atoms with Crippen LogP contribution in [0.2, 0.25) is 0 Å². The van der Waals surface area contributed by atoms with Crippen molar-refractivity contribution in [3.63, 3.8) is 0 Å². The monoisotopic (exact) mass is 717 g/mol. The fraction of sp³-hybridized carbons (Fsp3) is 0.513. The second-order valence-electron chi connectivity index (χ2n) is 14.3. The second-order valence-corrected chi connectivity index (χ2v) is 14.3. The first kappa shape index (κ1) is 39.7. The molecule has 1 saturated carbocycles. The molecule has 3 aromatic rings. The van der Waals surface area contributed by atoms with Gasteiger partial charge in [0.1, 0.15) is 17.7 Å². The standard InChI is InChI=1S/C39H48F5N3O4/c1-9-51-33(49)19-30(35-36(40)27(25-10-11-25)17-28(37(35)41)34-23(5)15-22(4)16-24(34)6)45-38(50)31(14-21(2)3)47-20-26(12-13-46(7)8)29(18-32(47)48)39(42,43)44/h15-18,20-21,25,30-31H,9-14,19H2,1-8H3,(H,45,50)/t30-,31?/m0/s1. The number of halogens is 5. The smallest absolute Gasteiger partial charge is 0.416 e. The zero-order valence-corrected chi connectivity index (χ0v) is 30.6. The van der Waals surface area contributed by atoms with Gasteiger partial charge in [-0.1, -0.05) is 31.5 Å². The predicted molar refractivity (Wildman–Crippen MR) is 187 cm³/mol. The number of carbonyl (C=O) groups is 2. The Hall–Kier alpha value is -4.06. The van der Waals surface area contributed by atoms with Crippen molar-refractivity contribution in [3.8, 4) is 11.1 Å². The Labute approximate surface area is 296 Å². The molecule has 2 aromatic carbocycles. The molecule has 1 heterocycles. The molecule has 1 aliphatic carbocycles. The number of carbonyl (C=O) groups excluding carboxylic acids is 2. The molecular weight excluding hydrogens is 669 g/mol. The number of alkyl halides is 3. The summed E-state index contributed by atoms with van der Waals surface area (Å²) in [5, 5.41) is 2.64. The van der Waals surface area contributed by atoms with E-state index in [1.165, 1.54) is 6.07 Å². The minimum absolute atomic E-state index is 0.0104. The second kappa shape index (κ2) is 16.1. The van der Waals surface area contributed by atoms with Gasteiger partial charge in [0.15, 0.2) is 0 Å². The third kappa shape index (κ3) is 9.44. The number of nitrogens with one attached hydrogen (secondary N) is 1. The number of pyridine rings is 1. The van der Waals surface area contributed by atoms with Gasteiger partial charge in [-0.2, -0.15) is 13.2 Å². The van der Waals surface area contributed by atoms with Crippen LogP contribution in [0.15, 0.2) is 35.3 Å². The highest BCUT2D eigenvalue weighted by atomic mass is 19.4. The van der Waals surface area contributed by atoms with E-state index < -0.39 is 64.9 Å². The summed E-state index contributed by atoms with van der Waals surface area (Å²) >= 11 is 0. The third-order valence-electron chi connectivity index (χ3n) is 9.20. The van der Waals surface area contributed by atoms with Gasteiger partial charge in [-0.15, -0.1) is 0 Å². The summed E-state index contributed by atoms with van der Waals surface area (Å²) in [6, 6.07) is 2.86. The summed E-state index contributed by atoms with van der Waals surface area (Å²) in [6.07, 6.45) is -3.06. The van der Waals surface area contributed by atoms with Crippen LogP contribution in [0.5, 0.6) is 0 Å². The maximum atomic E-state index is 16.9. The highest BCUT2D eigenvalue weighted by molar-refractivity contribution is 5.82. The molecule has 1 aliphatic rings. The van der Waals surface area contributed by atoms with E-state index in [1.807, 2.05) is 32.9 Å². The van der Waals surface area contributed by atoms with E-state index in [1.54, 1.807) is 39.8 Å². The van der Waals surface area contributed by atoms with Crippen LogP contribution < -0.4 is 10.9 Å². The summed E-state index contributed by atoms with van der Waals surface area (Å²) in [5.41, 5.74) is 0.632. The quantitative estimate of drug-likeness (QED) is 0.135. The molecule has 0 saturated heterocycles. The van der Waals surface area contributed by atoms with Crippen molar-refractivity contribution < 1.29 is 36.3 Å². The van der Waals surface area contributed by atoms with Crippen LogP contribution in [0, 0.1) is 38.3 Å². The minimum Gasteiger partial charge on any atom is -0.466 e. The molecule has 1 amide bonds. The van der Waals surface area contributed by atoms with E-state index in [0.29, 0.717) is 24.5 Å². The first-order chi connectivity index (χ1) is 23.8. The van der Waals surface area contributed by atoms with E-state index >= 15 is 8.78 Å². The van der Waals surface area contributed by atoms with Gasteiger partial charge in [0, 0.05) is 29.9 Å². The number of hydrogen-bond acceptors (Lipinski definition) is 5. The topological polar surface area (TPSA) is 80.6 Å². The number of amides is 1. The molecule has 278 valence electrons. The van der Waals surface area contributed by atoms with Crippen molar-refractivity contribution >= 4 is 11.9 Å². The van der Waals surface area contributed by atoms with Crippen LogP contribution in [-0.4, -0.2) is 48.6 Å². The molecule has 1 unspecified atom stereocenters. The lowest BCUT2D eigenvalue weighted by Gasteiger charge is -2.28. The third-order valence-corrected chi connectivity index (χ3v) is 9.20. The summed E-state index contributed by atoms with van der Waals surface area (Å²) < 4.78 is 81.7. The number of esters is 1. The van der Waals surface area contributed by atoms with E-state index in [0.717, 1.165) is 27.5 Å². The molecule has 12 heteroatoms. The van der Waals surface area contributed by atoms with Crippen molar-refractivity contribution in [2.24, 2.45) is 5.92 Å². The largest absolute Gasteiger partial charge is 0.466 e. The number of aromatic nitrogens is 1. The van der Waals surface area contributed by atoms with E-state index in [2.05, 4.69) is 5.32 Å². The van der Waals surface area contributed by atoms with Gasteiger partial charge >= 0.3 is 12.1 Å². The van der Waals surface area contributed by atoms with E-state index in [-0.39, 0.29) is 54.5 Å². The van der Waals surface area contributed by atoms with Crippen LogP contribution in [0.3, 0.4) is 0 Å². The highest BCUT2D eigenvalue weighted by Crippen LogP contribution is 2.46. The fourth-order valence-corrected chi connectivity index (χ4v) is 6.78. The Bertz CT molecular complexity index is 1810. The molecule has 4 rings (SSSR count). The van der Waals surface area contributed by atoms with Crippen molar-refractivity contribution in [1.29, 1.82) is 0 Å². The maximum Gasteiger partial charge on any atom is 0.416 e. The Morgan fingerprint density at radius 1 is 1.02 bits per heavy atom. The number of nitrogens with zero attached hydrogens (tertiary/aromatic N) is 2. The Balaban J connectivity index is 1.90. The first-order valence-electron chi connectivity index (χ1n) is 17.4. The molecule has 0 aliphatic heterocycles. The molecule has 2 atom stereocenters. The van der Waals surface area contributed by atoms with Crippen LogP contribution in [0.4, 0.5) is 22.0 Å². The predicted octanol–water partition coefficient (Wildman–Crippen LogP) is 8.12. The highest BCUT2D eigenvalue weighted by Gasteiger charge is 2.38. The number of rotatable bonds is 14. The average Bonchev–Trinajstić information content (AvgIpc) is 3.85. The number of likely N-dealkylation sites (N-methyl/N-ethyl adjacent to an activating group) is 1. The molecule has 1 aromatic heterocycles. The van der Waals surface area contributed by atoms with Gasteiger partial charge in [0.2, 0.25) is 5.91 Å². The van der Waals surface area contributed by atoms with E-state index in [9.17, 15) is 27.6 Å². The summed E-state index contributed by atoms with van der Waals surface area (Å²) in [6.45, 7) is 10.9. The van der Waals surface area contributed by atoms with Crippen molar-refractivity contribution in [2.75, 3.05) is 27.2 Å². The van der Waals surface area contributed by atoms with Gasteiger partial charge in [-0.25, -0.2) is 8.78 Å². The maximum absolute atomic E-state index is 16.9. The zero-order valence-electron chi connectivity index (χ0n) is 30.6. The van der Waals surface area contributed by atoms with Gasteiger partial charge in [0.05, 0.1) is 24.6 Å². The number of hydrogen-bond donors (Lipinski definition) is 1. The summed E-state index contributed by atoms with van der Waals surface area (Å²) in [4.78, 5) is 42.2. The van der Waals surface area contributed by atoms with Gasteiger partial charge in [0.25, 0.3) is 5.56 Å². The molecule has 1 fully saturated rings.